The first-order valence-electron chi connectivity index (χ1n) is 7.82. The first-order valence-corrected chi connectivity index (χ1v) is 7.82. The predicted octanol–water partition coefficient (Wildman–Crippen LogP) is 3.95. The first kappa shape index (κ1) is 17.8. The van der Waals surface area contributed by atoms with Crippen LogP contribution >= 0.6 is 0 Å². The summed E-state index contributed by atoms with van der Waals surface area (Å²) in [6, 6.07) is 0. The molecule has 1 aliphatic heterocycles. The molecule has 1 aliphatic rings. The van der Waals surface area contributed by atoms with E-state index < -0.39 is 12.6 Å². The van der Waals surface area contributed by atoms with Crippen molar-refractivity contribution in [3.8, 4) is 0 Å². The Hall–Kier alpha value is -0.290. The van der Waals surface area contributed by atoms with Gasteiger partial charge in [-0.15, -0.1) is 0 Å². The van der Waals surface area contributed by atoms with Gasteiger partial charge in [0.2, 0.25) is 0 Å². The van der Waals surface area contributed by atoms with E-state index in [1.54, 1.807) is 0 Å². The lowest BCUT2D eigenvalue weighted by Crippen LogP contribution is -2.52. The van der Waals surface area contributed by atoms with Gasteiger partial charge in [-0.25, -0.2) is 0 Å². The Balaban J connectivity index is 2.53. The molecule has 2 atom stereocenters. The molecule has 1 heterocycles. The van der Waals surface area contributed by atoms with Crippen LogP contribution in [0.5, 0.6) is 0 Å². The molecule has 2 unspecified atom stereocenters. The molecule has 0 radical (unpaired) electrons. The van der Waals surface area contributed by atoms with E-state index in [-0.39, 0.29) is 12.0 Å². The van der Waals surface area contributed by atoms with Crippen LogP contribution in [0.4, 0.5) is 13.2 Å². The Morgan fingerprint density at radius 2 is 1.85 bits per heavy atom. The number of nitrogens with zero attached hydrogens (tertiary/aromatic N) is 1. The summed E-state index contributed by atoms with van der Waals surface area (Å²) in [6.07, 6.45) is 0.649. The Kier molecular flexibility index (Phi) is 6.79. The smallest absolute Gasteiger partial charge is 0.329 e. The number of nitrogens with two attached hydrogens (primary N) is 1. The molecule has 0 spiro atoms. The monoisotopic (exact) mass is 294 g/mol. The fraction of sp³-hybridized carbons (Fsp3) is 1.00. The summed E-state index contributed by atoms with van der Waals surface area (Å²) in [5.74, 6) is 0.761. The summed E-state index contributed by atoms with van der Waals surface area (Å²) in [7, 11) is 0. The van der Waals surface area contributed by atoms with E-state index in [9.17, 15) is 13.2 Å². The molecule has 0 aliphatic carbocycles. The molecule has 1 fully saturated rings. The van der Waals surface area contributed by atoms with Gasteiger partial charge in [0.15, 0.2) is 0 Å². The third-order valence-electron chi connectivity index (χ3n) is 4.80. The van der Waals surface area contributed by atoms with Gasteiger partial charge in [0, 0.05) is 18.5 Å². The fourth-order valence-electron chi connectivity index (χ4n) is 3.17. The largest absolute Gasteiger partial charge is 0.389 e. The Morgan fingerprint density at radius 3 is 2.40 bits per heavy atom. The average Bonchev–Trinajstić information content (AvgIpc) is 2.62. The van der Waals surface area contributed by atoms with E-state index in [4.69, 9.17) is 5.73 Å². The molecule has 2 nitrogen and oxygen atoms in total. The molecule has 0 saturated carbocycles. The lowest BCUT2D eigenvalue weighted by Gasteiger charge is -2.40. The van der Waals surface area contributed by atoms with Crippen molar-refractivity contribution in [3.05, 3.63) is 0 Å². The minimum atomic E-state index is -4.05. The van der Waals surface area contributed by atoms with E-state index in [0.717, 1.165) is 31.8 Å². The van der Waals surface area contributed by atoms with Crippen LogP contribution < -0.4 is 5.73 Å². The predicted molar refractivity (Wildman–Crippen MR) is 76.6 cm³/mol. The minimum Gasteiger partial charge on any atom is -0.329 e. The van der Waals surface area contributed by atoms with Crippen LogP contribution in [-0.4, -0.2) is 36.2 Å². The van der Waals surface area contributed by atoms with Gasteiger partial charge in [0.05, 0.1) is 0 Å². The van der Waals surface area contributed by atoms with E-state index in [2.05, 4.69) is 11.8 Å². The maximum Gasteiger partial charge on any atom is 0.389 e. The Morgan fingerprint density at radius 1 is 1.15 bits per heavy atom. The van der Waals surface area contributed by atoms with Gasteiger partial charge in [-0.1, -0.05) is 13.3 Å². The quantitative estimate of drug-likeness (QED) is 0.803. The van der Waals surface area contributed by atoms with Crippen molar-refractivity contribution < 1.29 is 13.2 Å². The summed E-state index contributed by atoms with van der Waals surface area (Å²) in [4.78, 5) is 2.33. The Bertz CT molecular complexity index is 281. The molecule has 2 N–H and O–H groups in total. The van der Waals surface area contributed by atoms with E-state index in [1.807, 2.05) is 6.92 Å². The summed E-state index contributed by atoms with van der Waals surface area (Å²) < 4.78 is 36.9. The average molecular weight is 294 g/mol. The molecular formula is C15H29F3N2. The number of rotatable bonds is 6. The zero-order valence-electron chi connectivity index (χ0n) is 12.8. The van der Waals surface area contributed by atoms with Crippen LogP contribution in [0.15, 0.2) is 0 Å². The Labute approximate surface area is 120 Å². The van der Waals surface area contributed by atoms with Gasteiger partial charge in [-0.05, 0) is 58.0 Å². The lowest BCUT2D eigenvalue weighted by atomic mass is 9.92. The normalized spacial score (nSPS) is 25.2. The number of hydrogen-bond acceptors (Lipinski definition) is 2. The van der Waals surface area contributed by atoms with Crippen molar-refractivity contribution in [2.24, 2.45) is 11.7 Å². The number of hydrogen-bond donors (Lipinski definition) is 1. The molecule has 0 aromatic rings. The van der Waals surface area contributed by atoms with Crippen molar-refractivity contribution in [1.29, 1.82) is 0 Å². The molecule has 20 heavy (non-hydrogen) atoms. The standard InChI is InChI=1S/C15H29F3N2/c1-3-13-6-4-10-20(11-7-13)14(2,12-19)8-5-9-15(16,17)18/h13H,3-12,19H2,1-2H3. The van der Waals surface area contributed by atoms with Crippen LogP contribution in [-0.2, 0) is 0 Å². The highest BCUT2D eigenvalue weighted by molar-refractivity contribution is 4.89. The van der Waals surface area contributed by atoms with Crippen molar-refractivity contribution >= 4 is 0 Å². The van der Waals surface area contributed by atoms with Crippen LogP contribution in [0, 0.1) is 5.92 Å². The summed E-state index contributed by atoms with van der Waals surface area (Å²) >= 11 is 0. The van der Waals surface area contributed by atoms with Gasteiger partial charge >= 0.3 is 6.18 Å². The summed E-state index contributed by atoms with van der Waals surface area (Å²) in [5, 5.41) is 0. The number of alkyl halides is 3. The summed E-state index contributed by atoms with van der Waals surface area (Å²) in [5.41, 5.74) is 5.60. The molecule has 0 aromatic carbocycles. The van der Waals surface area contributed by atoms with Crippen molar-refractivity contribution in [2.45, 2.75) is 70.5 Å². The second-order valence-electron chi connectivity index (χ2n) is 6.36. The van der Waals surface area contributed by atoms with Crippen LogP contribution in [0.1, 0.15) is 58.8 Å². The number of likely N-dealkylation sites (tertiary alicyclic amines) is 1. The summed E-state index contributed by atoms with van der Waals surface area (Å²) in [6.45, 7) is 6.61. The molecule has 0 bridgehead atoms. The molecule has 0 aromatic heterocycles. The van der Waals surface area contributed by atoms with Crippen molar-refractivity contribution in [3.63, 3.8) is 0 Å². The maximum absolute atomic E-state index is 12.3. The maximum atomic E-state index is 12.3. The second kappa shape index (κ2) is 7.64. The second-order valence-corrected chi connectivity index (χ2v) is 6.36. The minimum absolute atomic E-state index is 0.172. The molecule has 0 amide bonds. The van der Waals surface area contributed by atoms with Crippen LogP contribution in [0.3, 0.4) is 0 Å². The van der Waals surface area contributed by atoms with Gasteiger partial charge < -0.3 is 5.73 Å². The van der Waals surface area contributed by atoms with E-state index in [0.29, 0.717) is 13.0 Å². The zero-order valence-corrected chi connectivity index (χ0v) is 12.8. The van der Waals surface area contributed by atoms with E-state index >= 15 is 0 Å². The van der Waals surface area contributed by atoms with Crippen LogP contribution in [0.2, 0.25) is 0 Å². The molecule has 120 valence electrons. The van der Waals surface area contributed by atoms with E-state index in [1.165, 1.54) is 12.8 Å². The van der Waals surface area contributed by atoms with Crippen molar-refractivity contribution in [1.82, 2.24) is 4.90 Å². The highest BCUT2D eigenvalue weighted by Crippen LogP contribution is 2.30. The number of halogens is 3. The van der Waals surface area contributed by atoms with Gasteiger partial charge in [0.1, 0.15) is 0 Å². The lowest BCUT2D eigenvalue weighted by molar-refractivity contribution is -0.136. The van der Waals surface area contributed by atoms with Crippen molar-refractivity contribution in [2.75, 3.05) is 19.6 Å². The fourth-order valence-corrected chi connectivity index (χ4v) is 3.17. The molecule has 1 rings (SSSR count). The van der Waals surface area contributed by atoms with Gasteiger partial charge in [-0.2, -0.15) is 13.2 Å². The highest BCUT2D eigenvalue weighted by atomic mass is 19.4. The highest BCUT2D eigenvalue weighted by Gasteiger charge is 2.34. The van der Waals surface area contributed by atoms with Gasteiger partial charge in [0.25, 0.3) is 0 Å². The first-order chi connectivity index (χ1) is 9.30. The molecule has 1 saturated heterocycles. The molecule has 5 heteroatoms. The topological polar surface area (TPSA) is 29.3 Å². The zero-order chi connectivity index (χ0) is 15.2. The third-order valence-corrected chi connectivity index (χ3v) is 4.80. The SMILES string of the molecule is CCC1CCCN(C(C)(CN)CCCC(F)(F)F)CC1. The third kappa shape index (κ3) is 5.60. The van der Waals surface area contributed by atoms with Crippen LogP contribution in [0.25, 0.3) is 0 Å². The van der Waals surface area contributed by atoms with Gasteiger partial charge in [-0.3, -0.25) is 4.90 Å². The molecular weight excluding hydrogens is 265 g/mol.